The third-order valence-electron chi connectivity index (χ3n) is 1.69. The van der Waals surface area contributed by atoms with Crippen LogP contribution in [0.5, 0.6) is 0 Å². The van der Waals surface area contributed by atoms with Crippen molar-refractivity contribution >= 4 is 29.1 Å². The number of carbonyl (C=O) groups is 1. The van der Waals surface area contributed by atoms with E-state index in [9.17, 15) is 4.79 Å². The Morgan fingerprint density at radius 3 is 3.08 bits per heavy atom. The second-order valence-electron chi connectivity index (χ2n) is 2.38. The number of hydrogen-bond donors (Lipinski definition) is 0. The maximum absolute atomic E-state index is 10.6. The first-order valence-electron chi connectivity index (χ1n) is 3.40. The SMILES string of the molecule is O=Cc1ccnc2ccn(Cl)c12. The molecule has 0 saturated heterocycles. The summed E-state index contributed by atoms with van der Waals surface area (Å²) < 4.78 is 1.37. The average molecular weight is 181 g/mol. The second-order valence-corrected chi connectivity index (χ2v) is 2.74. The summed E-state index contributed by atoms with van der Waals surface area (Å²) in [5, 5.41) is 0. The van der Waals surface area contributed by atoms with Gasteiger partial charge in [-0.1, -0.05) is 0 Å². The molecule has 2 aromatic rings. The van der Waals surface area contributed by atoms with E-state index in [4.69, 9.17) is 11.8 Å². The van der Waals surface area contributed by atoms with Crippen LogP contribution in [0.4, 0.5) is 0 Å². The molecular formula is C8H5ClN2O. The van der Waals surface area contributed by atoms with Gasteiger partial charge in [-0.05, 0) is 12.1 Å². The van der Waals surface area contributed by atoms with Crippen molar-refractivity contribution in [1.82, 2.24) is 9.07 Å². The Hall–Kier alpha value is -1.35. The van der Waals surface area contributed by atoms with E-state index in [1.165, 1.54) is 4.09 Å². The van der Waals surface area contributed by atoms with Gasteiger partial charge in [0.15, 0.2) is 6.29 Å². The lowest BCUT2D eigenvalue weighted by Crippen LogP contribution is -1.87. The molecule has 0 aliphatic heterocycles. The number of fused-ring (bicyclic) bond motifs is 1. The van der Waals surface area contributed by atoms with Gasteiger partial charge in [-0.2, -0.15) is 0 Å². The third-order valence-corrected chi connectivity index (χ3v) is 1.97. The molecule has 0 unspecified atom stereocenters. The normalized spacial score (nSPS) is 10.4. The molecule has 0 N–H and O–H groups in total. The molecule has 4 heteroatoms. The molecule has 0 spiro atoms. The van der Waals surface area contributed by atoms with E-state index in [0.717, 1.165) is 11.8 Å². The smallest absolute Gasteiger partial charge is 0.152 e. The number of aldehydes is 1. The van der Waals surface area contributed by atoms with E-state index >= 15 is 0 Å². The zero-order valence-electron chi connectivity index (χ0n) is 6.07. The fourth-order valence-electron chi connectivity index (χ4n) is 1.15. The van der Waals surface area contributed by atoms with Crippen molar-refractivity contribution < 1.29 is 4.79 Å². The first-order valence-corrected chi connectivity index (χ1v) is 3.74. The third kappa shape index (κ3) is 0.905. The van der Waals surface area contributed by atoms with Gasteiger partial charge in [0.1, 0.15) is 0 Å². The van der Waals surface area contributed by atoms with E-state index < -0.39 is 0 Å². The molecule has 0 aliphatic carbocycles. The maximum Gasteiger partial charge on any atom is 0.152 e. The Balaban J connectivity index is 2.93. The fraction of sp³-hybridized carbons (Fsp3) is 0. The van der Waals surface area contributed by atoms with Crippen LogP contribution in [0.2, 0.25) is 0 Å². The van der Waals surface area contributed by atoms with Gasteiger partial charge in [-0.3, -0.25) is 13.9 Å². The summed E-state index contributed by atoms with van der Waals surface area (Å²) in [5.41, 5.74) is 1.95. The monoisotopic (exact) mass is 180 g/mol. The van der Waals surface area contributed by atoms with Crippen molar-refractivity contribution in [2.75, 3.05) is 0 Å². The van der Waals surface area contributed by atoms with Crippen molar-refractivity contribution in [3.63, 3.8) is 0 Å². The largest absolute Gasteiger partial charge is 0.298 e. The number of aromatic nitrogens is 2. The summed E-state index contributed by atoms with van der Waals surface area (Å²) in [7, 11) is 0. The first-order chi connectivity index (χ1) is 5.83. The highest BCUT2D eigenvalue weighted by atomic mass is 35.5. The molecule has 0 aliphatic rings. The van der Waals surface area contributed by atoms with Gasteiger partial charge in [0.05, 0.1) is 11.0 Å². The van der Waals surface area contributed by atoms with E-state index in [0.29, 0.717) is 11.1 Å². The Bertz CT molecular complexity index is 436. The van der Waals surface area contributed by atoms with Crippen molar-refractivity contribution in [2.24, 2.45) is 0 Å². The molecule has 0 radical (unpaired) electrons. The molecular weight excluding hydrogens is 176 g/mol. The lowest BCUT2D eigenvalue weighted by Gasteiger charge is -1.95. The van der Waals surface area contributed by atoms with Gasteiger partial charge in [0.2, 0.25) is 0 Å². The van der Waals surface area contributed by atoms with Crippen LogP contribution in [0.3, 0.4) is 0 Å². The minimum atomic E-state index is 0.556. The number of nitrogens with zero attached hydrogens (tertiary/aromatic N) is 2. The number of rotatable bonds is 1. The van der Waals surface area contributed by atoms with Crippen LogP contribution in [-0.2, 0) is 0 Å². The molecule has 0 fully saturated rings. The van der Waals surface area contributed by atoms with Crippen molar-refractivity contribution in [3.8, 4) is 0 Å². The van der Waals surface area contributed by atoms with Gasteiger partial charge in [0.25, 0.3) is 0 Å². The fourth-order valence-corrected chi connectivity index (χ4v) is 1.39. The average Bonchev–Trinajstić information content (AvgIpc) is 2.48. The van der Waals surface area contributed by atoms with Crippen LogP contribution < -0.4 is 0 Å². The van der Waals surface area contributed by atoms with Crippen molar-refractivity contribution in [2.45, 2.75) is 0 Å². The predicted octanol–water partition coefficient (Wildman–Crippen LogP) is 1.85. The molecule has 0 bridgehead atoms. The Morgan fingerprint density at radius 1 is 1.50 bits per heavy atom. The van der Waals surface area contributed by atoms with Gasteiger partial charge < -0.3 is 0 Å². The molecule has 0 aromatic carbocycles. The van der Waals surface area contributed by atoms with Gasteiger partial charge in [0, 0.05) is 29.7 Å². The first kappa shape index (κ1) is 7.31. The van der Waals surface area contributed by atoms with E-state index in [-0.39, 0.29) is 0 Å². The summed E-state index contributed by atoms with van der Waals surface area (Å²) in [6.45, 7) is 0. The summed E-state index contributed by atoms with van der Waals surface area (Å²) in [5.74, 6) is 0. The zero-order valence-corrected chi connectivity index (χ0v) is 6.82. The minimum absolute atomic E-state index is 0.556. The van der Waals surface area contributed by atoms with Crippen LogP contribution in [0, 0.1) is 0 Å². The standard InChI is InChI=1S/C8H5ClN2O/c9-11-4-2-7-8(11)6(5-12)1-3-10-7/h1-5H. The van der Waals surface area contributed by atoms with E-state index in [1.807, 2.05) is 0 Å². The molecule has 0 atom stereocenters. The number of carbonyl (C=O) groups excluding carboxylic acids is 1. The van der Waals surface area contributed by atoms with Gasteiger partial charge in [-0.15, -0.1) is 0 Å². The topological polar surface area (TPSA) is 34.9 Å². The maximum atomic E-state index is 10.6. The minimum Gasteiger partial charge on any atom is -0.298 e. The zero-order chi connectivity index (χ0) is 8.55. The molecule has 60 valence electrons. The van der Waals surface area contributed by atoms with Crippen LogP contribution in [0.1, 0.15) is 10.4 Å². The summed E-state index contributed by atoms with van der Waals surface area (Å²) in [6, 6.07) is 3.39. The Labute approximate surface area is 73.7 Å². The Morgan fingerprint density at radius 2 is 2.33 bits per heavy atom. The van der Waals surface area contributed by atoms with Crippen LogP contribution in [0.25, 0.3) is 11.0 Å². The highest BCUT2D eigenvalue weighted by Crippen LogP contribution is 2.17. The van der Waals surface area contributed by atoms with Crippen LogP contribution in [-0.4, -0.2) is 15.4 Å². The molecule has 2 aromatic heterocycles. The van der Waals surface area contributed by atoms with E-state index in [2.05, 4.69) is 4.98 Å². The summed E-state index contributed by atoms with van der Waals surface area (Å²) in [4.78, 5) is 14.6. The molecule has 2 rings (SSSR count). The number of hydrogen-bond acceptors (Lipinski definition) is 2. The number of halogens is 1. The molecule has 12 heavy (non-hydrogen) atoms. The molecule has 2 heterocycles. The highest BCUT2D eigenvalue weighted by molar-refractivity contribution is 6.20. The lowest BCUT2D eigenvalue weighted by atomic mass is 10.2. The molecule has 3 nitrogen and oxygen atoms in total. The van der Waals surface area contributed by atoms with Crippen LogP contribution in [0.15, 0.2) is 24.5 Å². The summed E-state index contributed by atoms with van der Waals surface area (Å²) in [6.07, 6.45) is 4.01. The van der Waals surface area contributed by atoms with Gasteiger partial charge >= 0.3 is 0 Å². The molecule has 0 amide bonds. The van der Waals surface area contributed by atoms with Crippen molar-refractivity contribution in [3.05, 3.63) is 30.1 Å². The quantitative estimate of drug-likeness (QED) is 0.628. The molecule has 0 saturated carbocycles. The van der Waals surface area contributed by atoms with Crippen LogP contribution >= 0.6 is 11.8 Å². The van der Waals surface area contributed by atoms with E-state index in [1.54, 1.807) is 24.5 Å². The predicted molar refractivity (Wildman–Crippen MR) is 46.4 cm³/mol. The number of pyridine rings is 1. The highest BCUT2D eigenvalue weighted by Gasteiger charge is 2.04. The second kappa shape index (κ2) is 2.60. The summed E-state index contributed by atoms with van der Waals surface area (Å²) >= 11 is 5.77. The van der Waals surface area contributed by atoms with Crippen molar-refractivity contribution in [1.29, 1.82) is 0 Å². The van der Waals surface area contributed by atoms with Gasteiger partial charge in [-0.25, -0.2) is 0 Å². The lowest BCUT2D eigenvalue weighted by molar-refractivity contribution is 0.112. The Kier molecular flexibility index (Phi) is 1.59.